The zero-order valence-electron chi connectivity index (χ0n) is 16.8. The molecule has 0 unspecified atom stereocenters. The number of carbonyl (C=O) groups excluding carboxylic acids is 1. The molecule has 0 saturated heterocycles. The molecule has 10 heteroatoms. The van der Waals surface area contributed by atoms with Gasteiger partial charge >= 0.3 is 0 Å². The topological polar surface area (TPSA) is 84.9 Å². The van der Waals surface area contributed by atoms with E-state index in [0.29, 0.717) is 27.2 Å². The number of carbonyl (C=O) groups is 1. The first-order chi connectivity index (χ1) is 15.3. The number of halogens is 2. The summed E-state index contributed by atoms with van der Waals surface area (Å²) in [7, 11) is -2.52. The summed E-state index contributed by atoms with van der Waals surface area (Å²) in [6.07, 6.45) is -1.12. The van der Waals surface area contributed by atoms with Crippen molar-refractivity contribution in [2.24, 2.45) is 0 Å². The van der Waals surface area contributed by atoms with Crippen LogP contribution in [0.3, 0.4) is 0 Å². The number of rotatable bonds is 5. The van der Waals surface area contributed by atoms with Crippen molar-refractivity contribution in [3.05, 3.63) is 76.8 Å². The standard InChI is InChI=1S/C22H18Cl2N2O5S/c1-30-19-11-8-15(24)12-17(19)25-22(27)21-13-26(18-4-2-3-5-20(18)31-21)32(28,29)16-9-6-14(23)7-10-16/h2-12,21H,13H2,1H3,(H,25,27)/t21-/m0/s1. The molecule has 0 aliphatic carbocycles. The molecule has 32 heavy (non-hydrogen) atoms. The largest absolute Gasteiger partial charge is 0.495 e. The number of fused-ring (bicyclic) bond motifs is 1. The van der Waals surface area contributed by atoms with Crippen molar-refractivity contribution in [1.29, 1.82) is 0 Å². The summed E-state index contributed by atoms with van der Waals surface area (Å²) in [5.41, 5.74) is 0.686. The molecule has 0 aromatic heterocycles. The van der Waals surface area contributed by atoms with E-state index < -0.39 is 22.0 Å². The molecule has 7 nitrogen and oxygen atoms in total. The number of anilines is 2. The maximum atomic E-state index is 13.4. The molecule has 0 saturated carbocycles. The van der Waals surface area contributed by atoms with Crippen LogP contribution in [0.5, 0.6) is 11.5 Å². The molecule has 0 fully saturated rings. The van der Waals surface area contributed by atoms with Gasteiger partial charge in [0.15, 0.2) is 6.10 Å². The molecule has 3 aromatic rings. The number of para-hydroxylation sites is 2. The van der Waals surface area contributed by atoms with Gasteiger partial charge < -0.3 is 14.8 Å². The number of hydrogen-bond acceptors (Lipinski definition) is 5. The number of sulfonamides is 1. The summed E-state index contributed by atoms with van der Waals surface area (Å²) in [6.45, 7) is -0.226. The normalized spacial score (nSPS) is 15.5. The first-order valence-corrected chi connectivity index (χ1v) is 11.7. The van der Waals surface area contributed by atoms with Gasteiger partial charge in [0.1, 0.15) is 11.5 Å². The van der Waals surface area contributed by atoms with Gasteiger partial charge in [-0.1, -0.05) is 35.3 Å². The van der Waals surface area contributed by atoms with Crippen molar-refractivity contribution in [2.45, 2.75) is 11.0 Å². The Balaban J connectivity index is 1.67. The molecule has 1 amide bonds. The van der Waals surface area contributed by atoms with Gasteiger partial charge in [-0.15, -0.1) is 0 Å². The number of amides is 1. The molecular weight excluding hydrogens is 475 g/mol. The minimum absolute atomic E-state index is 0.0503. The van der Waals surface area contributed by atoms with Crippen LogP contribution in [-0.4, -0.2) is 34.1 Å². The lowest BCUT2D eigenvalue weighted by molar-refractivity contribution is -0.122. The summed E-state index contributed by atoms with van der Waals surface area (Å²) < 4.78 is 39.0. The van der Waals surface area contributed by atoms with E-state index in [1.807, 2.05) is 0 Å². The number of methoxy groups -OCH3 is 1. The van der Waals surface area contributed by atoms with Crippen molar-refractivity contribution in [3.8, 4) is 11.5 Å². The van der Waals surface area contributed by atoms with E-state index in [-0.39, 0.29) is 17.2 Å². The molecule has 0 radical (unpaired) electrons. The number of hydrogen-bond donors (Lipinski definition) is 1. The van der Waals surface area contributed by atoms with Gasteiger partial charge in [0.2, 0.25) is 0 Å². The van der Waals surface area contributed by atoms with Gasteiger partial charge in [-0.25, -0.2) is 8.42 Å². The van der Waals surface area contributed by atoms with Crippen molar-refractivity contribution in [2.75, 3.05) is 23.3 Å². The predicted molar refractivity (Wildman–Crippen MR) is 123 cm³/mol. The van der Waals surface area contributed by atoms with Gasteiger partial charge in [-0.05, 0) is 54.6 Å². The monoisotopic (exact) mass is 492 g/mol. The van der Waals surface area contributed by atoms with Crippen LogP contribution in [0.25, 0.3) is 0 Å². The zero-order valence-corrected chi connectivity index (χ0v) is 19.1. The second-order valence-corrected chi connectivity index (χ2v) is 9.63. The highest BCUT2D eigenvalue weighted by Crippen LogP contribution is 2.37. The van der Waals surface area contributed by atoms with Crippen LogP contribution in [0.15, 0.2) is 71.6 Å². The number of nitrogens with one attached hydrogen (secondary N) is 1. The Labute approximate surface area is 195 Å². The third-order valence-corrected chi connectivity index (χ3v) is 7.13. The van der Waals surface area contributed by atoms with Crippen LogP contribution < -0.4 is 19.1 Å². The van der Waals surface area contributed by atoms with Crippen molar-refractivity contribution in [1.82, 2.24) is 0 Å². The highest BCUT2D eigenvalue weighted by molar-refractivity contribution is 7.92. The predicted octanol–water partition coefficient (Wildman–Crippen LogP) is 4.60. The Kier molecular flexibility index (Phi) is 6.19. The quantitative estimate of drug-likeness (QED) is 0.562. The molecule has 1 aliphatic rings. The fraction of sp³-hybridized carbons (Fsp3) is 0.136. The maximum Gasteiger partial charge on any atom is 0.267 e. The highest BCUT2D eigenvalue weighted by atomic mass is 35.5. The summed E-state index contributed by atoms with van der Waals surface area (Å²) in [6, 6.07) is 17.2. The molecule has 1 heterocycles. The Morgan fingerprint density at radius 1 is 1.06 bits per heavy atom. The van der Waals surface area contributed by atoms with E-state index in [1.54, 1.807) is 36.4 Å². The van der Waals surface area contributed by atoms with E-state index >= 15 is 0 Å². The minimum Gasteiger partial charge on any atom is -0.495 e. The Hall–Kier alpha value is -2.94. The van der Waals surface area contributed by atoms with E-state index in [1.165, 1.54) is 37.4 Å². The van der Waals surface area contributed by atoms with Gasteiger partial charge in [0, 0.05) is 10.0 Å². The van der Waals surface area contributed by atoms with E-state index in [2.05, 4.69) is 5.32 Å². The molecule has 0 bridgehead atoms. The summed E-state index contributed by atoms with van der Waals surface area (Å²) in [5, 5.41) is 3.53. The van der Waals surface area contributed by atoms with Gasteiger partial charge in [0.05, 0.1) is 29.9 Å². The Morgan fingerprint density at radius 3 is 2.47 bits per heavy atom. The Morgan fingerprint density at radius 2 is 1.75 bits per heavy atom. The fourth-order valence-electron chi connectivity index (χ4n) is 3.29. The summed E-state index contributed by atoms with van der Waals surface area (Å²) >= 11 is 11.9. The number of benzene rings is 3. The molecule has 1 N–H and O–H groups in total. The molecule has 1 aliphatic heterocycles. The van der Waals surface area contributed by atoms with Crippen molar-refractivity contribution < 1.29 is 22.7 Å². The van der Waals surface area contributed by atoms with E-state index in [4.69, 9.17) is 32.7 Å². The first kappa shape index (κ1) is 22.3. The maximum absolute atomic E-state index is 13.4. The highest BCUT2D eigenvalue weighted by Gasteiger charge is 2.37. The number of ether oxygens (including phenoxy) is 2. The lowest BCUT2D eigenvalue weighted by atomic mass is 10.2. The molecule has 1 atom stereocenters. The van der Waals surface area contributed by atoms with Crippen LogP contribution in [0.2, 0.25) is 10.0 Å². The zero-order chi connectivity index (χ0) is 22.9. The lowest BCUT2D eigenvalue weighted by Gasteiger charge is -2.34. The average Bonchev–Trinajstić information content (AvgIpc) is 2.78. The molecule has 0 spiro atoms. The smallest absolute Gasteiger partial charge is 0.267 e. The van der Waals surface area contributed by atoms with Crippen LogP contribution in [0, 0.1) is 0 Å². The molecule has 3 aromatic carbocycles. The second kappa shape index (κ2) is 8.90. The van der Waals surface area contributed by atoms with Crippen LogP contribution in [-0.2, 0) is 14.8 Å². The van der Waals surface area contributed by atoms with Gasteiger partial charge in [-0.3, -0.25) is 9.10 Å². The van der Waals surface area contributed by atoms with Crippen LogP contribution in [0.1, 0.15) is 0 Å². The Bertz CT molecular complexity index is 1270. The van der Waals surface area contributed by atoms with Crippen molar-refractivity contribution >= 4 is 50.5 Å². The van der Waals surface area contributed by atoms with Crippen molar-refractivity contribution in [3.63, 3.8) is 0 Å². The molecule has 4 rings (SSSR count). The number of nitrogens with zero attached hydrogens (tertiary/aromatic N) is 1. The minimum atomic E-state index is -3.98. The molecular formula is C22H18Cl2N2O5S. The fourth-order valence-corrected chi connectivity index (χ4v) is 5.07. The third kappa shape index (κ3) is 4.34. The first-order valence-electron chi connectivity index (χ1n) is 9.48. The summed E-state index contributed by atoms with van der Waals surface area (Å²) in [5.74, 6) is 0.135. The van der Waals surface area contributed by atoms with E-state index in [9.17, 15) is 13.2 Å². The van der Waals surface area contributed by atoms with Gasteiger partial charge in [0.25, 0.3) is 15.9 Å². The SMILES string of the molecule is COc1ccc(Cl)cc1NC(=O)[C@@H]1CN(S(=O)(=O)c2ccc(Cl)cc2)c2ccccc2O1. The van der Waals surface area contributed by atoms with Gasteiger partial charge in [-0.2, -0.15) is 0 Å². The average molecular weight is 493 g/mol. The summed E-state index contributed by atoms with van der Waals surface area (Å²) in [4.78, 5) is 13.1. The lowest BCUT2D eigenvalue weighted by Crippen LogP contribution is -2.48. The van der Waals surface area contributed by atoms with Crippen LogP contribution in [0.4, 0.5) is 11.4 Å². The second-order valence-electron chi connectivity index (χ2n) is 6.90. The van der Waals surface area contributed by atoms with Crippen LogP contribution >= 0.6 is 23.2 Å². The third-order valence-electron chi connectivity index (χ3n) is 4.85. The van der Waals surface area contributed by atoms with E-state index in [0.717, 1.165) is 4.31 Å². The molecule has 166 valence electrons.